The predicted molar refractivity (Wildman–Crippen MR) is 118 cm³/mol. The van der Waals surface area contributed by atoms with E-state index in [4.69, 9.17) is 11.6 Å². The van der Waals surface area contributed by atoms with Crippen LogP contribution < -0.4 is 5.32 Å². The molecule has 0 radical (unpaired) electrons. The van der Waals surface area contributed by atoms with Crippen LogP contribution in [-0.4, -0.2) is 34.1 Å². The van der Waals surface area contributed by atoms with Crippen LogP contribution in [0.4, 0.5) is 5.13 Å². The van der Waals surface area contributed by atoms with E-state index in [1.54, 1.807) is 0 Å². The Kier molecular flexibility index (Phi) is 6.23. The third-order valence-electron chi connectivity index (χ3n) is 5.21. The van der Waals surface area contributed by atoms with Crippen LogP contribution in [-0.2, 0) is 11.3 Å². The SMILES string of the molecule is Cc1ccc(-c2nnc(NC(=O)C3CCN(Cc4cccc(Cl)c4)CC3)s2)cc1. The number of amides is 1. The van der Waals surface area contributed by atoms with E-state index in [1.807, 2.05) is 42.5 Å². The number of nitrogens with one attached hydrogen (secondary N) is 1. The molecule has 29 heavy (non-hydrogen) atoms. The number of likely N-dealkylation sites (tertiary alicyclic amines) is 1. The Morgan fingerprint density at radius 3 is 2.66 bits per heavy atom. The minimum absolute atomic E-state index is 0.0114. The molecule has 0 saturated carbocycles. The fraction of sp³-hybridized carbons (Fsp3) is 0.318. The van der Waals surface area contributed by atoms with Crippen LogP contribution in [0, 0.1) is 12.8 Å². The fourth-order valence-corrected chi connectivity index (χ4v) is 4.51. The van der Waals surface area contributed by atoms with E-state index in [0.717, 1.165) is 48.1 Å². The molecule has 2 heterocycles. The minimum Gasteiger partial charge on any atom is -0.300 e. The first kappa shape index (κ1) is 20.0. The van der Waals surface area contributed by atoms with Crippen LogP contribution in [0.1, 0.15) is 24.0 Å². The van der Waals surface area contributed by atoms with E-state index in [2.05, 4.69) is 33.4 Å². The molecule has 1 aliphatic rings. The maximum absolute atomic E-state index is 12.7. The summed E-state index contributed by atoms with van der Waals surface area (Å²) in [4.78, 5) is 15.0. The summed E-state index contributed by atoms with van der Waals surface area (Å²) in [7, 11) is 0. The number of aromatic nitrogens is 2. The summed E-state index contributed by atoms with van der Waals surface area (Å²) >= 11 is 7.48. The number of halogens is 1. The normalized spacial score (nSPS) is 15.4. The number of carbonyl (C=O) groups excluding carboxylic acids is 1. The third kappa shape index (κ3) is 5.21. The van der Waals surface area contributed by atoms with Crippen LogP contribution in [0.5, 0.6) is 0 Å². The molecule has 3 aromatic rings. The van der Waals surface area contributed by atoms with E-state index in [-0.39, 0.29) is 11.8 Å². The van der Waals surface area contributed by atoms with Gasteiger partial charge in [0, 0.05) is 23.0 Å². The lowest BCUT2D eigenvalue weighted by Gasteiger charge is -2.31. The van der Waals surface area contributed by atoms with Gasteiger partial charge in [-0.05, 0) is 50.6 Å². The molecule has 150 valence electrons. The van der Waals surface area contributed by atoms with E-state index < -0.39 is 0 Å². The number of piperidine rings is 1. The summed E-state index contributed by atoms with van der Waals surface area (Å²) < 4.78 is 0. The summed E-state index contributed by atoms with van der Waals surface area (Å²) in [6.45, 7) is 4.71. The van der Waals surface area contributed by atoms with Crippen LogP contribution in [0.15, 0.2) is 48.5 Å². The van der Waals surface area contributed by atoms with E-state index in [9.17, 15) is 4.79 Å². The number of carbonyl (C=O) groups is 1. The molecule has 0 atom stereocenters. The number of aryl methyl sites for hydroxylation is 1. The first-order valence-corrected chi connectivity index (χ1v) is 10.9. The third-order valence-corrected chi connectivity index (χ3v) is 6.33. The van der Waals surface area contributed by atoms with Crippen molar-refractivity contribution in [3.8, 4) is 10.6 Å². The maximum atomic E-state index is 12.7. The fourth-order valence-electron chi connectivity index (χ4n) is 3.54. The molecule has 4 rings (SSSR count). The summed E-state index contributed by atoms with van der Waals surface area (Å²) in [5.41, 5.74) is 3.43. The first-order valence-electron chi connectivity index (χ1n) is 9.75. The molecule has 0 bridgehead atoms. The molecular weight excluding hydrogens is 404 g/mol. The smallest absolute Gasteiger partial charge is 0.229 e. The quantitative estimate of drug-likeness (QED) is 0.622. The Morgan fingerprint density at radius 1 is 1.17 bits per heavy atom. The number of anilines is 1. The van der Waals surface area contributed by atoms with Crippen molar-refractivity contribution in [3.05, 3.63) is 64.7 Å². The molecular formula is C22H23ClN4OS. The van der Waals surface area contributed by atoms with Gasteiger partial charge in [0.1, 0.15) is 5.01 Å². The number of hydrogen-bond acceptors (Lipinski definition) is 5. The molecule has 1 fully saturated rings. The van der Waals surface area contributed by atoms with Gasteiger partial charge >= 0.3 is 0 Å². The standard InChI is InChI=1S/C22H23ClN4OS/c1-15-5-7-18(8-6-15)21-25-26-22(29-21)24-20(28)17-9-11-27(12-10-17)14-16-3-2-4-19(23)13-16/h2-8,13,17H,9-12,14H2,1H3,(H,24,26,28). The molecule has 1 aliphatic heterocycles. The lowest BCUT2D eigenvalue weighted by Crippen LogP contribution is -2.37. The molecule has 1 N–H and O–H groups in total. The van der Waals surface area contributed by atoms with Gasteiger partial charge in [0.05, 0.1) is 0 Å². The summed E-state index contributed by atoms with van der Waals surface area (Å²) in [6, 6.07) is 16.1. The Bertz CT molecular complexity index is 980. The van der Waals surface area contributed by atoms with Crippen molar-refractivity contribution in [3.63, 3.8) is 0 Å². The molecule has 7 heteroatoms. The zero-order valence-electron chi connectivity index (χ0n) is 16.3. The van der Waals surface area contributed by atoms with Crippen LogP contribution in [0.3, 0.4) is 0 Å². The van der Waals surface area contributed by atoms with Gasteiger partial charge in [0.25, 0.3) is 0 Å². The molecule has 0 aliphatic carbocycles. The highest BCUT2D eigenvalue weighted by Crippen LogP contribution is 2.28. The number of benzene rings is 2. The Morgan fingerprint density at radius 2 is 1.93 bits per heavy atom. The zero-order valence-corrected chi connectivity index (χ0v) is 17.8. The molecule has 1 aromatic heterocycles. The summed E-state index contributed by atoms with van der Waals surface area (Å²) in [5.74, 6) is 0.0522. The maximum Gasteiger partial charge on any atom is 0.229 e. The van der Waals surface area contributed by atoms with Crippen LogP contribution >= 0.6 is 22.9 Å². The monoisotopic (exact) mass is 426 g/mol. The highest BCUT2D eigenvalue weighted by atomic mass is 35.5. The predicted octanol–water partition coefficient (Wildman–Crippen LogP) is 5.02. The van der Waals surface area contributed by atoms with Crippen molar-refractivity contribution in [1.29, 1.82) is 0 Å². The number of hydrogen-bond donors (Lipinski definition) is 1. The molecule has 5 nitrogen and oxygen atoms in total. The number of nitrogens with zero attached hydrogens (tertiary/aromatic N) is 3. The molecule has 0 unspecified atom stereocenters. The summed E-state index contributed by atoms with van der Waals surface area (Å²) in [6.07, 6.45) is 1.69. The second-order valence-corrected chi connectivity index (χ2v) is 8.86. The van der Waals surface area contributed by atoms with Crippen LogP contribution in [0.25, 0.3) is 10.6 Å². The van der Waals surface area contributed by atoms with Crippen molar-refractivity contribution in [2.24, 2.45) is 5.92 Å². The molecule has 1 saturated heterocycles. The van der Waals surface area contributed by atoms with Gasteiger partial charge in [-0.3, -0.25) is 9.69 Å². The molecule has 0 spiro atoms. The van der Waals surface area contributed by atoms with Crippen molar-refractivity contribution in [1.82, 2.24) is 15.1 Å². The van der Waals surface area contributed by atoms with Gasteiger partial charge in [0.15, 0.2) is 0 Å². The van der Waals surface area contributed by atoms with Crippen molar-refractivity contribution < 1.29 is 4.79 Å². The van der Waals surface area contributed by atoms with Crippen molar-refractivity contribution in [2.75, 3.05) is 18.4 Å². The highest BCUT2D eigenvalue weighted by molar-refractivity contribution is 7.18. The average molecular weight is 427 g/mol. The van der Waals surface area contributed by atoms with E-state index in [0.29, 0.717) is 5.13 Å². The Balaban J connectivity index is 1.29. The van der Waals surface area contributed by atoms with Gasteiger partial charge in [-0.15, -0.1) is 10.2 Å². The van der Waals surface area contributed by atoms with Crippen LogP contribution in [0.2, 0.25) is 5.02 Å². The summed E-state index contributed by atoms with van der Waals surface area (Å²) in [5, 5.41) is 13.5. The van der Waals surface area contributed by atoms with Gasteiger partial charge in [-0.2, -0.15) is 0 Å². The lowest BCUT2D eigenvalue weighted by atomic mass is 9.95. The van der Waals surface area contributed by atoms with E-state index >= 15 is 0 Å². The average Bonchev–Trinajstić information content (AvgIpc) is 3.17. The topological polar surface area (TPSA) is 58.1 Å². The highest BCUT2D eigenvalue weighted by Gasteiger charge is 2.25. The van der Waals surface area contributed by atoms with Gasteiger partial charge in [0.2, 0.25) is 11.0 Å². The largest absolute Gasteiger partial charge is 0.300 e. The van der Waals surface area contributed by atoms with Crippen molar-refractivity contribution in [2.45, 2.75) is 26.3 Å². The molecule has 2 aromatic carbocycles. The zero-order chi connectivity index (χ0) is 20.2. The second-order valence-electron chi connectivity index (χ2n) is 7.45. The van der Waals surface area contributed by atoms with Gasteiger partial charge < -0.3 is 5.32 Å². The lowest BCUT2D eigenvalue weighted by molar-refractivity contribution is -0.121. The minimum atomic E-state index is 0.0114. The van der Waals surface area contributed by atoms with Crippen molar-refractivity contribution >= 4 is 34.0 Å². The molecule has 1 amide bonds. The number of rotatable bonds is 5. The van der Waals surface area contributed by atoms with Gasteiger partial charge in [-0.1, -0.05) is 64.9 Å². The van der Waals surface area contributed by atoms with Gasteiger partial charge in [-0.25, -0.2) is 0 Å². The second kappa shape index (κ2) is 9.03. The van der Waals surface area contributed by atoms with E-state index in [1.165, 1.54) is 22.5 Å². The Labute approximate surface area is 179 Å². The Hall–Kier alpha value is -2.28. The first-order chi connectivity index (χ1) is 14.1.